The molecule has 1 amide bonds. The van der Waals surface area contributed by atoms with Crippen molar-refractivity contribution in [1.82, 2.24) is 9.97 Å². The third-order valence-electron chi connectivity index (χ3n) is 2.87. The minimum absolute atomic E-state index is 0.0182. The lowest BCUT2D eigenvalue weighted by Gasteiger charge is -2.20. The van der Waals surface area contributed by atoms with Crippen molar-refractivity contribution in [3.8, 4) is 5.75 Å². The van der Waals surface area contributed by atoms with Gasteiger partial charge in [0.15, 0.2) is 0 Å². The topological polar surface area (TPSA) is 76.1 Å². The molecule has 2 rings (SSSR count). The van der Waals surface area contributed by atoms with Crippen LogP contribution in [0.2, 0.25) is 0 Å². The Hall–Kier alpha value is -2.63. The zero-order chi connectivity index (χ0) is 17.7. The molecule has 0 radical (unpaired) electrons. The fourth-order valence-corrected chi connectivity index (χ4v) is 1.99. The normalized spacial score (nSPS) is 11.2. The van der Waals surface area contributed by atoms with Crippen molar-refractivity contribution in [1.29, 1.82) is 0 Å². The van der Waals surface area contributed by atoms with Gasteiger partial charge in [0, 0.05) is 11.7 Å². The summed E-state index contributed by atoms with van der Waals surface area (Å²) in [6.07, 6.45) is 1.58. The fraction of sp³-hybridized carbons (Fsp3) is 0.389. The van der Waals surface area contributed by atoms with Crippen LogP contribution < -0.4 is 15.4 Å². The standard InChI is InChI=1S/C18H24N4O2/c1-12(2)24-15-9-7-6-8-13(15)20-16(23)14-10-11-19-17(21-14)22-18(3,4)5/h6-12H,1-5H3,(H,20,23)(H,19,21,22). The zero-order valence-electron chi connectivity index (χ0n) is 14.8. The van der Waals surface area contributed by atoms with Crippen LogP contribution in [0.5, 0.6) is 5.75 Å². The minimum atomic E-state index is -0.311. The number of hydrogen-bond acceptors (Lipinski definition) is 5. The average molecular weight is 328 g/mol. The Balaban J connectivity index is 2.17. The number of amides is 1. The van der Waals surface area contributed by atoms with Crippen LogP contribution in [-0.2, 0) is 0 Å². The summed E-state index contributed by atoms with van der Waals surface area (Å²) in [5, 5.41) is 5.99. The molecule has 1 aromatic heterocycles. The van der Waals surface area contributed by atoms with Gasteiger partial charge in [0.2, 0.25) is 5.95 Å². The molecule has 0 aliphatic heterocycles. The van der Waals surface area contributed by atoms with Gasteiger partial charge in [-0.15, -0.1) is 0 Å². The first-order chi connectivity index (χ1) is 11.2. The van der Waals surface area contributed by atoms with Gasteiger partial charge < -0.3 is 15.4 Å². The molecule has 128 valence electrons. The van der Waals surface area contributed by atoms with Gasteiger partial charge in [0.1, 0.15) is 11.4 Å². The van der Waals surface area contributed by atoms with E-state index < -0.39 is 0 Å². The molecule has 0 fully saturated rings. The number of nitrogens with one attached hydrogen (secondary N) is 2. The van der Waals surface area contributed by atoms with Crippen molar-refractivity contribution in [2.24, 2.45) is 0 Å². The van der Waals surface area contributed by atoms with E-state index in [1.54, 1.807) is 18.3 Å². The number of carbonyl (C=O) groups is 1. The van der Waals surface area contributed by atoms with Crippen molar-refractivity contribution in [3.63, 3.8) is 0 Å². The predicted octanol–water partition coefficient (Wildman–Crippen LogP) is 3.73. The van der Waals surface area contributed by atoms with Crippen LogP contribution in [0, 0.1) is 0 Å². The molecule has 2 aromatic rings. The second-order valence-corrected chi connectivity index (χ2v) is 6.76. The second-order valence-electron chi connectivity index (χ2n) is 6.76. The first kappa shape index (κ1) is 17.7. The van der Waals surface area contributed by atoms with Crippen LogP contribution in [0.25, 0.3) is 0 Å². The molecular weight excluding hydrogens is 304 g/mol. The van der Waals surface area contributed by atoms with Gasteiger partial charge in [-0.05, 0) is 52.8 Å². The number of para-hydroxylation sites is 2. The Labute approximate surface area is 142 Å². The monoisotopic (exact) mass is 328 g/mol. The number of anilines is 2. The number of aromatic nitrogens is 2. The number of carbonyl (C=O) groups excluding carboxylic acids is 1. The van der Waals surface area contributed by atoms with E-state index in [0.717, 1.165) is 0 Å². The molecule has 24 heavy (non-hydrogen) atoms. The first-order valence-corrected chi connectivity index (χ1v) is 7.93. The van der Waals surface area contributed by atoms with E-state index in [4.69, 9.17) is 4.74 Å². The summed E-state index contributed by atoms with van der Waals surface area (Å²) < 4.78 is 5.71. The minimum Gasteiger partial charge on any atom is -0.489 e. The summed E-state index contributed by atoms with van der Waals surface area (Å²) in [7, 11) is 0. The summed E-state index contributed by atoms with van der Waals surface area (Å²) in [4.78, 5) is 20.9. The first-order valence-electron chi connectivity index (χ1n) is 7.93. The maximum atomic E-state index is 12.5. The fourth-order valence-electron chi connectivity index (χ4n) is 1.99. The molecule has 1 heterocycles. The molecule has 0 aliphatic carbocycles. The van der Waals surface area contributed by atoms with E-state index in [9.17, 15) is 4.79 Å². The molecule has 0 saturated carbocycles. The summed E-state index contributed by atoms with van der Waals surface area (Å²) in [5.41, 5.74) is 0.712. The van der Waals surface area contributed by atoms with E-state index in [1.165, 1.54) is 0 Å². The largest absolute Gasteiger partial charge is 0.489 e. The van der Waals surface area contributed by atoms with Gasteiger partial charge in [0.25, 0.3) is 5.91 Å². The number of nitrogens with zero attached hydrogens (tertiary/aromatic N) is 2. The SMILES string of the molecule is CC(C)Oc1ccccc1NC(=O)c1ccnc(NC(C)(C)C)n1. The number of benzene rings is 1. The summed E-state index contributed by atoms with van der Waals surface area (Å²) in [6, 6.07) is 8.90. The molecule has 0 atom stereocenters. The van der Waals surface area contributed by atoms with Gasteiger partial charge >= 0.3 is 0 Å². The van der Waals surface area contributed by atoms with Crippen LogP contribution >= 0.6 is 0 Å². The van der Waals surface area contributed by atoms with E-state index >= 15 is 0 Å². The lowest BCUT2D eigenvalue weighted by Crippen LogP contribution is -2.28. The van der Waals surface area contributed by atoms with Gasteiger partial charge in [-0.25, -0.2) is 9.97 Å². The van der Waals surface area contributed by atoms with Gasteiger partial charge in [-0.2, -0.15) is 0 Å². The summed E-state index contributed by atoms with van der Waals surface area (Å²) >= 11 is 0. The van der Waals surface area contributed by atoms with Crippen molar-refractivity contribution < 1.29 is 9.53 Å². The highest BCUT2D eigenvalue weighted by atomic mass is 16.5. The van der Waals surface area contributed by atoms with Crippen molar-refractivity contribution in [2.45, 2.75) is 46.3 Å². The van der Waals surface area contributed by atoms with Crippen molar-refractivity contribution >= 4 is 17.5 Å². The predicted molar refractivity (Wildman–Crippen MR) is 95.6 cm³/mol. The number of rotatable bonds is 5. The molecule has 0 bridgehead atoms. The van der Waals surface area contributed by atoms with Crippen LogP contribution in [0.3, 0.4) is 0 Å². The van der Waals surface area contributed by atoms with Crippen LogP contribution in [0.15, 0.2) is 36.5 Å². The quantitative estimate of drug-likeness (QED) is 0.874. The molecule has 0 unspecified atom stereocenters. The Morgan fingerprint density at radius 1 is 1.17 bits per heavy atom. The zero-order valence-corrected chi connectivity index (χ0v) is 14.8. The smallest absolute Gasteiger partial charge is 0.274 e. The number of ether oxygens (including phenoxy) is 1. The average Bonchev–Trinajstić information content (AvgIpc) is 2.47. The van der Waals surface area contributed by atoms with Crippen LogP contribution in [-0.4, -0.2) is 27.5 Å². The summed E-state index contributed by atoms with van der Waals surface area (Å²) in [6.45, 7) is 9.88. The van der Waals surface area contributed by atoms with Crippen molar-refractivity contribution in [2.75, 3.05) is 10.6 Å². The Bertz CT molecular complexity index is 708. The third kappa shape index (κ3) is 5.22. The molecule has 0 saturated heterocycles. The van der Waals surface area contributed by atoms with E-state index in [1.807, 2.05) is 52.8 Å². The molecule has 6 nitrogen and oxygen atoms in total. The van der Waals surface area contributed by atoms with E-state index in [0.29, 0.717) is 17.4 Å². The number of hydrogen-bond donors (Lipinski definition) is 2. The Morgan fingerprint density at radius 2 is 1.88 bits per heavy atom. The van der Waals surface area contributed by atoms with Gasteiger partial charge in [-0.3, -0.25) is 4.79 Å². The lowest BCUT2D eigenvalue weighted by atomic mass is 10.1. The maximum absolute atomic E-state index is 12.5. The van der Waals surface area contributed by atoms with E-state index in [2.05, 4.69) is 20.6 Å². The highest BCUT2D eigenvalue weighted by Gasteiger charge is 2.15. The molecule has 0 aliphatic rings. The highest BCUT2D eigenvalue weighted by molar-refractivity contribution is 6.03. The molecule has 6 heteroatoms. The second kappa shape index (κ2) is 7.29. The molecular formula is C18H24N4O2. The lowest BCUT2D eigenvalue weighted by molar-refractivity contribution is 0.102. The highest BCUT2D eigenvalue weighted by Crippen LogP contribution is 2.25. The van der Waals surface area contributed by atoms with Crippen molar-refractivity contribution in [3.05, 3.63) is 42.2 Å². The third-order valence-corrected chi connectivity index (χ3v) is 2.87. The van der Waals surface area contributed by atoms with Crippen LogP contribution in [0.4, 0.5) is 11.6 Å². The van der Waals surface area contributed by atoms with Crippen LogP contribution in [0.1, 0.15) is 45.1 Å². The van der Waals surface area contributed by atoms with Gasteiger partial charge in [0.05, 0.1) is 11.8 Å². The van der Waals surface area contributed by atoms with E-state index in [-0.39, 0.29) is 23.2 Å². The Morgan fingerprint density at radius 3 is 2.54 bits per heavy atom. The molecule has 0 spiro atoms. The molecule has 1 aromatic carbocycles. The molecule has 2 N–H and O–H groups in total. The maximum Gasteiger partial charge on any atom is 0.274 e. The summed E-state index contributed by atoms with van der Waals surface area (Å²) in [5.74, 6) is 0.735. The Kier molecular flexibility index (Phi) is 5.39. The van der Waals surface area contributed by atoms with Gasteiger partial charge in [-0.1, -0.05) is 12.1 Å².